The molecule has 3 atom stereocenters. The van der Waals surface area contributed by atoms with Crippen molar-refractivity contribution >= 4 is 11.8 Å². The molecule has 5 heteroatoms. The molecule has 0 amide bonds. The maximum absolute atomic E-state index is 10.8. The number of hydrogen-bond acceptors (Lipinski definition) is 5. The van der Waals surface area contributed by atoms with Gasteiger partial charge in [-0.25, -0.2) is 0 Å². The van der Waals surface area contributed by atoms with Gasteiger partial charge in [-0.1, -0.05) is 102 Å². The van der Waals surface area contributed by atoms with Gasteiger partial charge in [0.1, 0.15) is 11.9 Å². The molecule has 0 radical (unpaired) electrons. The van der Waals surface area contributed by atoms with Crippen LogP contribution in [0.2, 0.25) is 0 Å². The van der Waals surface area contributed by atoms with E-state index in [1.807, 2.05) is 0 Å². The van der Waals surface area contributed by atoms with Gasteiger partial charge in [0.15, 0.2) is 0 Å². The second-order valence-corrected chi connectivity index (χ2v) is 14.7. The zero-order valence-electron chi connectivity index (χ0n) is 28.7. The summed E-state index contributed by atoms with van der Waals surface area (Å²) in [5.41, 5.74) is 0. The van der Waals surface area contributed by atoms with Crippen molar-refractivity contribution in [2.75, 3.05) is 19.8 Å². The highest BCUT2D eigenvalue weighted by Crippen LogP contribution is 2.30. The first-order chi connectivity index (χ1) is 19.3. The van der Waals surface area contributed by atoms with Gasteiger partial charge in [-0.3, -0.25) is 9.59 Å². The van der Waals surface area contributed by atoms with E-state index in [0.717, 1.165) is 75.1 Å². The first kappa shape index (κ1) is 41.1. The lowest BCUT2D eigenvalue weighted by atomic mass is 9.95. The molecule has 5 nitrogen and oxygen atoms in total. The van der Waals surface area contributed by atoms with Crippen molar-refractivity contribution in [2.24, 2.45) is 47.3 Å². The first-order valence-corrected chi connectivity index (χ1v) is 17.2. The Labute approximate surface area is 262 Å². The summed E-state index contributed by atoms with van der Waals surface area (Å²) >= 11 is 0. The number of hydrogen-bond donors (Lipinski definition) is 0. The number of ether oxygens (including phenoxy) is 3. The quantitative estimate of drug-likeness (QED) is 0.296. The molecular weight excluding hydrogens is 524 g/mol. The van der Waals surface area contributed by atoms with Crippen LogP contribution >= 0.6 is 0 Å². The summed E-state index contributed by atoms with van der Waals surface area (Å²) in [6.45, 7) is 25.1. The van der Waals surface area contributed by atoms with Gasteiger partial charge >= 0.3 is 5.97 Å². The third kappa shape index (κ3) is 17.4. The van der Waals surface area contributed by atoms with Gasteiger partial charge in [-0.2, -0.15) is 0 Å². The summed E-state index contributed by atoms with van der Waals surface area (Å²) in [6, 6.07) is 0. The number of carbonyl (C=O) groups excluding carboxylic acids is 2. The van der Waals surface area contributed by atoms with Crippen LogP contribution < -0.4 is 0 Å². The number of esters is 1. The summed E-state index contributed by atoms with van der Waals surface area (Å²) < 4.78 is 15.4. The molecular formula is C37H72O5. The number of Topliss-reactive ketones (excluding diaryl/α,β-unsaturated/α-hetero) is 1. The van der Waals surface area contributed by atoms with Crippen LogP contribution in [-0.4, -0.2) is 43.8 Å². The Hall–Kier alpha value is -0.940. The lowest BCUT2D eigenvalue weighted by Crippen LogP contribution is -2.31. The molecule has 0 bridgehead atoms. The van der Waals surface area contributed by atoms with Gasteiger partial charge in [0.2, 0.25) is 0 Å². The van der Waals surface area contributed by atoms with E-state index in [1.165, 1.54) is 38.5 Å². The molecule has 42 heavy (non-hydrogen) atoms. The van der Waals surface area contributed by atoms with Gasteiger partial charge in [-0.15, -0.1) is 0 Å². The first-order valence-electron chi connectivity index (χ1n) is 17.2. The zero-order chi connectivity index (χ0) is 30.9. The summed E-state index contributed by atoms with van der Waals surface area (Å²) in [4.78, 5) is 21.3. The molecule has 250 valence electrons. The predicted molar refractivity (Wildman–Crippen MR) is 178 cm³/mol. The summed E-state index contributed by atoms with van der Waals surface area (Å²) in [7, 11) is 0. The third-order valence-corrected chi connectivity index (χ3v) is 9.54. The Morgan fingerprint density at radius 2 is 1.12 bits per heavy atom. The fraction of sp³-hybridized carbons (Fsp3) is 0.946. The molecule has 0 aromatic heterocycles. The van der Waals surface area contributed by atoms with E-state index in [2.05, 4.69) is 69.2 Å². The Balaban J connectivity index is 0.000000499. The zero-order valence-corrected chi connectivity index (χ0v) is 28.7. The van der Waals surface area contributed by atoms with E-state index in [9.17, 15) is 9.59 Å². The van der Waals surface area contributed by atoms with Crippen LogP contribution in [0.25, 0.3) is 0 Å². The van der Waals surface area contributed by atoms with Crippen molar-refractivity contribution in [1.29, 1.82) is 0 Å². The van der Waals surface area contributed by atoms with Crippen LogP contribution in [0.4, 0.5) is 0 Å². The molecule has 5 aliphatic rings. The Morgan fingerprint density at radius 3 is 1.31 bits per heavy atom. The number of carbonyl (C=O) groups is 2. The molecule has 0 aromatic carbocycles. The molecule has 3 unspecified atom stereocenters. The van der Waals surface area contributed by atoms with Gasteiger partial charge in [-0.05, 0) is 67.1 Å². The highest BCUT2D eigenvalue weighted by Gasteiger charge is 2.26. The maximum Gasteiger partial charge on any atom is 0.306 e. The van der Waals surface area contributed by atoms with Crippen LogP contribution in [0.15, 0.2) is 0 Å². The molecule has 3 heterocycles. The molecule has 2 saturated carbocycles. The molecule has 0 spiro atoms. The van der Waals surface area contributed by atoms with Crippen molar-refractivity contribution in [2.45, 2.75) is 160 Å². The SMILES string of the molecule is C.CC(C)C1CCC(=O)C1.CC(C)C1CCC(=O)O1.CC(C)C1CCCC1.CC(C)C1CCCO1.CC(C)C1COC1. The van der Waals surface area contributed by atoms with E-state index in [4.69, 9.17) is 14.2 Å². The highest BCUT2D eigenvalue weighted by atomic mass is 16.5. The van der Waals surface area contributed by atoms with Crippen LogP contribution in [-0.2, 0) is 23.8 Å². The van der Waals surface area contributed by atoms with Crippen LogP contribution in [0, 0.1) is 47.3 Å². The standard InChI is InChI=1S/C8H14O.C8H16.C7H12O2.C7H14O.C6H12O.CH4/c1-6(2)7-3-4-8(9)5-7;1-7(2)8-5-3-4-6-8;1-5(2)6-3-4-7(8)9-6;1-6(2)7-4-3-5-8-7;1-5(2)6-3-7-4-6;/h6-7H,3-5H2,1-2H3;7-8H,3-6H2,1-2H3;5-6H,3-4H2,1-2H3;6-7H,3-5H2,1-2H3;5-6H,3-4H2,1-2H3;1H4. The van der Waals surface area contributed by atoms with E-state index in [0.29, 0.717) is 36.1 Å². The van der Waals surface area contributed by atoms with Gasteiger partial charge in [0.05, 0.1) is 19.3 Å². The topological polar surface area (TPSA) is 61.8 Å². The molecule has 5 fully saturated rings. The Bertz CT molecular complexity index is 632. The van der Waals surface area contributed by atoms with Gasteiger partial charge < -0.3 is 14.2 Å². The number of rotatable bonds is 5. The van der Waals surface area contributed by atoms with Crippen LogP contribution in [0.1, 0.15) is 147 Å². The molecule has 3 aliphatic heterocycles. The van der Waals surface area contributed by atoms with Crippen molar-refractivity contribution in [3.05, 3.63) is 0 Å². The minimum absolute atomic E-state index is 0. The van der Waals surface area contributed by atoms with E-state index in [-0.39, 0.29) is 19.5 Å². The third-order valence-electron chi connectivity index (χ3n) is 9.54. The smallest absolute Gasteiger partial charge is 0.306 e. The van der Waals surface area contributed by atoms with Crippen molar-refractivity contribution in [1.82, 2.24) is 0 Å². The molecule has 0 aromatic rings. The Kier molecular flexibility index (Phi) is 22.0. The molecule has 3 saturated heterocycles. The monoisotopic (exact) mass is 597 g/mol. The van der Waals surface area contributed by atoms with E-state index >= 15 is 0 Å². The normalized spacial score (nSPS) is 25.5. The summed E-state index contributed by atoms with van der Waals surface area (Å²) in [5, 5.41) is 0. The highest BCUT2D eigenvalue weighted by molar-refractivity contribution is 5.80. The molecule has 0 N–H and O–H groups in total. The lowest BCUT2D eigenvalue weighted by molar-refractivity contribution is -0.142. The van der Waals surface area contributed by atoms with Crippen LogP contribution in [0.5, 0.6) is 0 Å². The van der Waals surface area contributed by atoms with E-state index < -0.39 is 0 Å². The predicted octanol–water partition coefficient (Wildman–Crippen LogP) is 9.94. The van der Waals surface area contributed by atoms with Gasteiger partial charge in [0.25, 0.3) is 0 Å². The van der Waals surface area contributed by atoms with E-state index in [1.54, 1.807) is 0 Å². The fourth-order valence-corrected chi connectivity index (χ4v) is 5.82. The lowest BCUT2D eigenvalue weighted by Gasteiger charge is -2.29. The minimum atomic E-state index is -0.0336. The summed E-state index contributed by atoms with van der Waals surface area (Å²) in [5.74, 6) is 6.73. The largest absolute Gasteiger partial charge is 0.462 e. The Morgan fingerprint density at radius 1 is 0.571 bits per heavy atom. The average Bonchev–Trinajstić information content (AvgIpc) is 3.67. The number of ketones is 1. The number of cyclic esters (lactones) is 1. The minimum Gasteiger partial charge on any atom is -0.462 e. The van der Waals surface area contributed by atoms with Crippen LogP contribution in [0.3, 0.4) is 0 Å². The average molecular weight is 597 g/mol. The maximum atomic E-state index is 10.8. The molecule has 2 aliphatic carbocycles. The molecule has 5 rings (SSSR count). The second kappa shape index (κ2) is 22.6. The van der Waals surface area contributed by atoms with Crippen molar-refractivity contribution < 1.29 is 23.8 Å². The van der Waals surface area contributed by atoms with Crippen molar-refractivity contribution in [3.63, 3.8) is 0 Å². The van der Waals surface area contributed by atoms with Crippen molar-refractivity contribution in [3.8, 4) is 0 Å². The fourth-order valence-electron chi connectivity index (χ4n) is 5.82. The second-order valence-electron chi connectivity index (χ2n) is 14.7. The van der Waals surface area contributed by atoms with Gasteiger partial charge in [0, 0.05) is 31.8 Å². The summed E-state index contributed by atoms with van der Waals surface area (Å²) in [6.07, 6.45) is 13.6.